The molecule has 0 aliphatic rings. The van der Waals surface area contributed by atoms with Crippen molar-refractivity contribution in [2.75, 3.05) is 0 Å². The number of rotatable bonds is 2. The Labute approximate surface area is 88.4 Å². The molecule has 1 N–H and O–H groups in total. The van der Waals surface area contributed by atoms with Crippen LogP contribution in [0.15, 0.2) is 29.2 Å². The van der Waals surface area contributed by atoms with Crippen LogP contribution in [0.3, 0.4) is 0 Å². The molecule has 0 fully saturated rings. The normalized spacial score (nSPS) is 10.6. The van der Waals surface area contributed by atoms with Gasteiger partial charge in [0.2, 0.25) is 0 Å². The summed E-state index contributed by atoms with van der Waals surface area (Å²) >= 11 is 0. The van der Waals surface area contributed by atoms with Crippen molar-refractivity contribution < 1.29 is 30.0 Å². The minimum atomic E-state index is -4.04. The zero-order valence-corrected chi connectivity index (χ0v) is 8.96. The Hall–Kier alpha value is -0.351. The summed E-state index contributed by atoms with van der Waals surface area (Å²) in [7, 11) is -4.04. The van der Waals surface area contributed by atoms with E-state index in [4.69, 9.17) is 4.55 Å². The first-order valence-corrected chi connectivity index (χ1v) is 5.04. The van der Waals surface area contributed by atoms with Gasteiger partial charge >= 0.3 is 0 Å². The molecule has 0 aromatic heterocycles. The third-order valence-corrected chi connectivity index (χ3v) is 2.45. The minimum Gasteiger partial charge on any atom is -0.282 e. The van der Waals surface area contributed by atoms with Crippen LogP contribution in [-0.4, -0.2) is 13.0 Å². The summed E-state index contributed by atoms with van der Waals surface area (Å²) in [6, 6.07) is 6.26. The van der Waals surface area contributed by atoms with Crippen molar-refractivity contribution >= 4 is 10.1 Å². The van der Waals surface area contributed by atoms with E-state index in [1.54, 1.807) is 6.07 Å². The molecule has 0 atom stereocenters. The molecule has 0 aliphatic carbocycles. The second-order valence-corrected chi connectivity index (χ2v) is 3.90. The molecule has 0 spiro atoms. The summed E-state index contributed by atoms with van der Waals surface area (Å²) in [5, 5.41) is 0. The molecule has 5 heteroatoms. The fraction of sp³-hybridized carbons (Fsp3) is 0.250. The molecule has 3 nitrogen and oxygen atoms in total. The van der Waals surface area contributed by atoms with Gasteiger partial charge in [0.05, 0.1) is 4.90 Å². The van der Waals surface area contributed by atoms with E-state index in [1.165, 1.54) is 12.1 Å². The number of hydrogen-bond donors (Lipinski definition) is 1. The molecular formula is C8H10FeO3S. The van der Waals surface area contributed by atoms with Crippen LogP contribution in [0.25, 0.3) is 0 Å². The van der Waals surface area contributed by atoms with E-state index < -0.39 is 10.1 Å². The minimum absolute atomic E-state index is 0. The molecule has 0 bridgehead atoms. The number of benzene rings is 1. The van der Waals surface area contributed by atoms with Crippen LogP contribution in [-0.2, 0) is 33.6 Å². The molecule has 1 aromatic carbocycles. The largest absolute Gasteiger partial charge is 0.294 e. The molecule has 0 saturated carbocycles. The fourth-order valence-electron chi connectivity index (χ4n) is 0.926. The van der Waals surface area contributed by atoms with Crippen molar-refractivity contribution in [3.63, 3.8) is 0 Å². The second kappa shape index (κ2) is 4.77. The predicted molar refractivity (Wildman–Crippen MR) is 45.6 cm³/mol. The molecule has 0 saturated heterocycles. The molecule has 13 heavy (non-hydrogen) atoms. The van der Waals surface area contributed by atoms with E-state index in [2.05, 4.69) is 0 Å². The Morgan fingerprint density at radius 1 is 1.38 bits per heavy atom. The van der Waals surface area contributed by atoms with Crippen LogP contribution in [0.5, 0.6) is 0 Å². The van der Waals surface area contributed by atoms with E-state index >= 15 is 0 Å². The first-order chi connectivity index (χ1) is 5.54. The maximum Gasteiger partial charge on any atom is 0.294 e. The van der Waals surface area contributed by atoms with Gasteiger partial charge in [-0.15, -0.1) is 0 Å². The summed E-state index contributed by atoms with van der Waals surface area (Å²) in [6.07, 6.45) is 0.753. The quantitative estimate of drug-likeness (QED) is 0.631. The first-order valence-electron chi connectivity index (χ1n) is 3.60. The van der Waals surface area contributed by atoms with E-state index in [9.17, 15) is 8.42 Å². The van der Waals surface area contributed by atoms with E-state index in [0.29, 0.717) is 0 Å². The predicted octanol–water partition coefficient (Wildman–Crippen LogP) is 1.49. The van der Waals surface area contributed by atoms with Crippen LogP contribution in [0.2, 0.25) is 0 Å². The maximum atomic E-state index is 10.7. The molecule has 0 heterocycles. The summed E-state index contributed by atoms with van der Waals surface area (Å²) < 4.78 is 30.0. The number of aryl methyl sites for hydroxylation is 1. The second-order valence-electron chi connectivity index (χ2n) is 2.48. The first kappa shape index (κ1) is 12.6. The van der Waals surface area contributed by atoms with E-state index in [0.717, 1.165) is 12.0 Å². The van der Waals surface area contributed by atoms with Crippen LogP contribution in [0.4, 0.5) is 0 Å². The van der Waals surface area contributed by atoms with Gasteiger partial charge in [-0.3, -0.25) is 4.55 Å². The van der Waals surface area contributed by atoms with Crippen molar-refractivity contribution in [1.82, 2.24) is 0 Å². The molecule has 0 radical (unpaired) electrons. The van der Waals surface area contributed by atoms with Crippen molar-refractivity contribution in [2.45, 2.75) is 18.2 Å². The van der Waals surface area contributed by atoms with Gasteiger partial charge in [0.1, 0.15) is 0 Å². The summed E-state index contributed by atoms with van der Waals surface area (Å²) in [4.78, 5) is -0.0400. The van der Waals surface area contributed by atoms with Crippen LogP contribution < -0.4 is 0 Å². The molecule has 0 unspecified atom stereocenters. The van der Waals surface area contributed by atoms with Crippen LogP contribution in [0, 0.1) is 0 Å². The van der Waals surface area contributed by atoms with Gasteiger partial charge in [0.25, 0.3) is 10.1 Å². The van der Waals surface area contributed by atoms with Gasteiger partial charge in [-0.25, -0.2) is 0 Å². The molecule has 1 rings (SSSR count). The summed E-state index contributed by atoms with van der Waals surface area (Å²) in [5.41, 5.74) is 0.894. The zero-order chi connectivity index (χ0) is 9.19. The van der Waals surface area contributed by atoms with E-state index in [1.807, 2.05) is 13.0 Å². The SMILES string of the molecule is CCc1cccc(S(=O)(=O)O)c1.[Fe]. The third kappa shape index (κ3) is 3.48. The van der Waals surface area contributed by atoms with Crippen molar-refractivity contribution in [2.24, 2.45) is 0 Å². The Morgan fingerprint density at radius 3 is 2.46 bits per heavy atom. The average Bonchev–Trinajstić information content (AvgIpc) is 2.03. The van der Waals surface area contributed by atoms with E-state index in [-0.39, 0.29) is 22.0 Å². The van der Waals surface area contributed by atoms with Crippen molar-refractivity contribution in [3.8, 4) is 0 Å². The maximum absolute atomic E-state index is 10.7. The van der Waals surface area contributed by atoms with Gasteiger partial charge in [-0.05, 0) is 24.1 Å². The topological polar surface area (TPSA) is 54.4 Å². The molecular weight excluding hydrogens is 232 g/mol. The standard InChI is InChI=1S/C8H10O3S.Fe/c1-2-7-4-3-5-8(6-7)12(9,10)11;/h3-6H,2H2,1H3,(H,9,10,11);. The zero-order valence-electron chi connectivity index (χ0n) is 7.04. The average molecular weight is 242 g/mol. The van der Waals surface area contributed by atoms with Crippen molar-refractivity contribution in [1.29, 1.82) is 0 Å². The van der Waals surface area contributed by atoms with Gasteiger partial charge in [0, 0.05) is 17.1 Å². The molecule has 74 valence electrons. The Kier molecular flexibility index (Phi) is 4.64. The Morgan fingerprint density at radius 2 is 2.00 bits per heavy atom. The Balaban J connectivity index is 0.00000144. The molecule has 1 aromatic rings. The summed E-state index contributed by atoms with van der Waals surface area (Å²) in [6.45, 7) is 1.92. The molecule has 0 aliphatic heterocycles. The molecule has 0 amide bonds. The van der Waals surface area contributed by atoms with Gasteiger partial charge < -0.3 is 0 Å². The number of hydrogen-bond acceptors (Lipinski definition) is 2. The van der Waals surface area contributed by atoms with Gasteiger partial charge in [-0.2, -0.15) is 8.42 Å². The van der Waals surface area contributed by atoms with Gasteiger partial charge in [0.15, 0.2) is 0 Å². The van der Waals surface area contributed by atoms with Gasteiger partial charge in [-0.1, -0.05) is 19.1 Å². The smallest absolute Gasteiger partial charge is 0.282 e. The summed E-state index contributed by atoms with van der Waals surface area (Å²) in [5.74, 6) is 0. The van der Waals surface area contributed by atoms with Crippen molar-refractivity contribution in [3.05, 3.63) is 29.8 Å². The fourth-order valence-corrected chi connectivity index (χ4v) is 1.48. The van der Waals surface area contributed by atoms with Crippen LogP contribution in [0.1, 0.15) is 12.5 Å². The monoisotopic (exact) mass is 242 g/mol. The Bertz CT molecular complexity index is 373. The van der Waals surface area contributed by atoms with Crippen LogP contribution >= 0.6 is 0 Å². The third-order valence-electron chi connectivity index (χ3n) is 1.60.